The molecule has 35 heavy (non-hydrogen) atoms. The van der Waals surface area contributed by atoms with Crippen LogP contribution in [-0.4, -0.2) is 55.9 Å². The van der Waals surface area contributed by atoms with E-state index >= 15 is 0 Å². The summed E-state index contributed by atoms with van der Waals surface area (Å²) < 4.78 is 23.2. The number of ether oxygens (including phenoxy) is 3. The summed E-state index contributed by atoms with van der Waals surface area (Å²) >= 11 is 0. The quantitative estimate of drug-likeness (QED) is 0.352. The lowest BCUT2D eigenvalue weighted by Crippen LogP contribution is -2.28. The molecule has 0 spiro atoms. The fourth-order valence-corrected chi connectivity index (χ4v) is 3.93. The number of nitrogens with zero attached hydrogens (tertiary/aromatic N) is 5. The number of hydrogen-bond donors (Lipinski definition) is 1. The number of hydrogen-bond acceptors (Lipinski definition) is 10. The molecule has 4 heterocycles. The first kappa shape index (κ1) is 22.6. The molecule has 0 bridgehead atoms. The fraction of sp³-hybridized carbons (Fsp3) is 0.348. The van der Waals surface area contributed by atoms with Gasteiger partial charge in [0.15, 0.2) is 17.3 Å². The minimum Gasteiger partial charge on any atom is -0.486 e. The molecule has 1 aromatic carbocycles. The molecule has 12 heteroatoms. The van der Waals surface area contributed by atoms with Crippen molar-refractivity contribution in [1.82, 2.24) is 30.1 Å². The molecule has 3 aromatic heterocycles. The molecule has 0 unspecified atom stereocenters. The first-order chi connectivity index (χ1) is 17.1. The van der Waals surface area contributed by atoms with Gasteiger partial charge in [-0.05, 0) is 41.6 Å². The maximum Gasteiger partial charge on any atom is 0.327 e. The number of nitrogens with one attached hydrogen (secondary N) is 1. The zero-order chi connectivity index (χ0) is 24.2. The second-order valence-electron chi connectivity index (χ2n) is 7.99. The lowest BCUT2D eigenvalue weighted by atomic mass is 10.1. The van der Waals surface area contributed by atoms with Gasteiger partial charge in [-0.1, -0.05) is 0 Å². The molecule has 1 N–H and O–H groups in total. The highest BCUT2D eigenvalue weighted by Crippen LogP contribution is 2.33. The van der Waals surface area contributed by atoms with E-state index in [4.69, 9.17) is 18.6 Å². The van der Waals surface area contributed by atoms with E-state index in [2.05, 4.69) is 20.5 Å². The number of rotatable bonds is 9. The summed E-state index contributed by atoms with van der Waals surface area (Å²) in [4.78, 5) is 29.8. The van der Waals surface area contributed by atoms with Gasteiger partial charge >= 0.3 is 5.97 Å². The summed E-state index contributed by atoms with van der Waals surface area (Å²) in [7, 11) is 0. The summed E-state index contributed by atoms with van der Waals surface area (Å²) in [5, 5.41) is 12.5. The fourth-order valence-electron chi connectivity index (χ4n) is 3.93. The molecule has 0 fully saturated rings. The van der Waals surface area contributed by atoms with E-state index < -0.39 is 5.97 Å². The highest BCUT2D eigenvalue weighted by Gasteiger charge is 2.19. The Morgan fingerprint density at radius 2 is 2.00 bits per heavy atom. The molecular weight excluding hydrogens is 456 g/mol. The van der Waals surface area contributed by atoms with Crippen molar-refractivity contribution in [3.05, 3.63) is 64.1 Å². The van der Waals surface area contributed by atoms with Crippen LogP contribution in [0.3, 0.4) is 0 Å². The highest BCUT2D eigenvalue weighted by molar-refractivity contribution is 5.83. The number of esters is 1. The summed E-state index contributed by atoms with van der Waals surface area (Å²) in [5.41, 5.74) is 0.994. The lowest BCUT2D eigenvalue weighted by molar-refractivity contribution is -0.144. The average Bonchev–Trinajstić information content (AvgIpc) is 3.51. The zero-order valence-corrected chi connectivity index (χ0v) is 19.1. The van der Waals surface area contributed by atoms with Crippen LogP contribution in [0.1, 0.15) is 24.1 Å². The Labute approximate surface area is 199 Å². The van der Waals surface area contributed by atoms with Crippen molar-refractivity contribution in [3.8, 4) is 11.5 Å². The maximum absolute atomic E-state index is 12.9. The van der Waals surface area contributed by atoms with Crippen LogP contribution in [0.5, 0.6) is 11.5 Å². The van der Waals surface area contributed by atoms with Gasteiger partial charge in [0.1, 0.15) is 25.5 Å². The third kappa shape index (κ3) is 5.17. The smallest absolute Gasteiger partial charge is 0.327 e. The molecule has 0 saturated carbocycles. The highest BCUT2D eigenvalue weighted by atomic mass is 16.6. The standard InChI is InChI=1S/C23H24N6O6/c1-2-32-22(30)14-29-21(25-26-27-29)13-28(12-17-4-3-5-33-17)11-16-8-15-9-19-20(35-7-6-34-19)10-18(15)24-23(16)31/h3-5,8-10H,2,6-7,11-14H2,1H3,(H,24,31). The van der Waals surface area contributed by atoms with E-state index in [-0.39, 0.29) is 31.8 Å². The van der Waals surface area contributed by atoms with E-state index in [1.807, 2.05) is 23.1 Å². The minimum absolute atomic E-state index is 0.103. The van der Waals surface area contributed by atoms with Gasteiger partial charge in [-0.3, -0.25) is 14.5 Å². The van der Waals surface area contributed by atoms with Crippen LogP contribution in [-0.2, 0) is 35.7 Å². The van der Waals surface area contributed by atoms with Crippen LogP contribution < -0.4 is 15.0 Å². The van der Waals surface area contributed by atoms with Crippen LogP contribution >= 0.6 is 0 Å². The van der Waals surface area contributed by atoms with E-state index in [1.54, 1.807) is 25.3 Å². The predicted octanol–water partition coefficient (Wildman–Crippen LogP) is 1.64. The van der Waals surface area contributed by atoms with Crippen LogP contribution in [0.2, 0.25) is 0 Å². The van der Waals surface area contributed by atoms with E-state index in [0.29, 0.717) is 53.9 Å². The second-order valence-corrected chi connectivity index (χ2v) is 7.99. The van der Waals surface area contributed by atoms with E-state index in [1.165, 1.54) is 4.68 Å². The normalized spacial score (nSPS) is 12.9. The lowest BCUT2D eigenvalue weighted by Gasteiger charge is -2.21. The third-order valence-electron chi connectivity index (χ3n) is 5.49. The van der Waals surface area contributed by atoms with E-state index in [0.717, 1.165) is 5.39 Å². The summed E-state index contributed by atoms with van der Waals surface area (Å²) in [6.07, 6.45) is 1.59. The van der Waals surface area contributed by atoms with Gasteiger partial charge in [0.2, 0.25) is 0 Å². The van der Waals surface area contributed by atoms with Gasteiger partial charge in [0.05, 0.1) is 31.5 Å². The number of carbonyl (C=O) groups is 1. The maximum atomic E-state index is 12.9. The van der Waals surface area contributed by atoms with Crippen LogP contribution in [0, 0.1) is 0 Å². The van der Waals surface area contributed by atoms with Gasteiger partial charge in [-0.25, -0.2) is 4.68 Å². The molecule has 5 rings (SSSR count). The molecule has 1 aliphatic rings. The number of carbonyl (C=O) groups excluding carboxylic acids is 1. The minimum atomic E-state index is -0.431. The number of fused-ring (bicyclic) bond motifs is 2. The molecule has 0 aliphatic carbocycles. The number of furan rings is 1. The van der Waals surface area contributed by atoms with Crippen LogP contribution in [0.15, 0.2) is 45.8 Å². The van der Waals surface area contributed by atoms with Crippen molar-refractivity contribution in [3.63, 3.8) is 0 Å². The SMILES string of the molecule is CCOC(=O)Cn1nnnc1CN(Cc1ccco1)Cc1cc2cc3c(cc2[nH]c1=O)OCCO3. The molecule has 0 amide bonds. The van der Waals surface area contributed by atoms with Crippen molar-refractivity contribution < 1.29 is 23.4 Å². The van der Waals surface area contributed by atoms with Crippen molar-refractivity contribution in [2.45, 2.75) is 33.1 Å². The molecular formula is C23H24N6O6. The Hall–Kier alpha value is -4.19. The predicted molar refractivity (Wildman–Crippen MR) is 122 cm³/mol. The summed E-state index contributed by atoms with van der Waals surface area (Å²) in [5.74, 6) is 2.00. The van der Waals surface area contributed by atoms with Gasteiger partial charge < -0.3 is 23.6 Å². The molecule has 0 atom stereocenters. The van der Waals surface area contributed by atoms with Crippen LogP contribution in [0.4, 0.5) is 0 Å². The molecule has 0 saturated heterocycles. The Morgan fingerprint density at radius 3 is 2.77 bits per heavy atom. The molecule has 4 aromatic rings. The van der Waals surface area contributed by atoms with Gasteiger partial charge in [-0.2, -0.15) is 0 Å². The molecule has 182 valence electrons. The van der Waals surface area contributed by atoms with Gasteiger partial charge in [0, 0.05) is 23.6 Å². The van der Waals surface area contributed by atoms with Gasteiger partial charge in [-0.15, -0.1) is 5.10 Å². The topological polar surface area (TPSA) is 138 Å². The molecule has 1 aliphatic heterocycles. The Kier molecular flexibility index (Phi) is 6.44. The third-order valence-corrected chi connectivity index (χ3v) is 5.49. The van der Waals surface area contributed by atoms with Crippen molar-refractivity contribution in [2.75, 3.05) is 19.8 Å². The average molecular weight is 480 g/mol. The Bertz CT molecular complexity index is 1380. The first-order valence-electron chi connectivity index (χ1n) is 11.2. The number of tetrazole rings is 1. The largest absolute Gasteiger partial charge is 0.486 e. The first-order valence-corrected chi connectivity index (χ1v) is 11.2. The Morgan fingerprint density at radius 1 is 1.17 bits per heavy atom. The zero-order valence-electron chi connectivity index (χ0n) is 19.1. The summed E-state index contributed by atoms with van der Waals surface area (Å²) in [6.45, 7) is 3.81. The Balaban J connectivity index is 1.42. The van der Waals surface area contributed by atoms with Gasteiger partial charge in [0.25, 0.3) is 5.56 Å². The number of aromatic nitrogens is 5. The van der Waals surface area contributed by atoms with Crippen LogP contribution in [0.25, 0.3) is 10.9 Å². The van der Waals surface area contributed by atoms with E-state index in [9.17, 15) is 9.59 Å². The summed E-state index contributed by atoms with van der Waals surface area (Å²) in [6, 6.07) is 9.12. The van der Waals surface area contributed by atoms with Crippen molar-refractivity contribution >= 4 is 16.9 Å². The number of aromatic amines is 1. The second kappa shape index (κ2) is 9.97. The molecule has 0 radical (unpaired) electrons. The van der Waals surface area contributed by atoms with Crippen molar-refractivity contribution in [2.24, 2.45) is 0 Å². The number of H-pyrrole nitrogens is 1. The molecule has 12 nitrogen and oxygen atoms in total. The number of benzene rings is 1. The van der Waals surface area contributed by atoms with Crippen molar-refractivity contribution in [1.29, 1.82) is 0 Å². The number of pyridine rings is 1. The monoisotopic (exact) mass is 480 g/mol.